The van der Waals surface area contributed by atoms with Crippen LogP contribution in [0.3, 0.4) is 0 Å². The molecule has 0 unspecified atom stereocenters. The van der Waals surface area contributed by atoms with Crippen LogP contribution in [0.15, 0.2) is 73.2 Å². The first-order chi connectivity index (χ1) is 19.5. The van der Waals surface area contributed by atoms with Gasteiger partial charge in [0.2, 0.25) is 0 Å². The first-order valence-electron chi connectivity index (χ1n) is 11.9. The van der Waals surface area contributed by atoms with Crippen LogP contribution in [0.1, 0.15) is 43.4 Å². The van der Waals surface area contributed by atoms with Crippen molar-refractivity contribution in [3.8, 4) is 11.1 Å². The Morgan fingerprint density at radius 2 is 1.80 bits per heavy atom. The molecule has 5 aromatic rings. The highest BCUT2D eigenvalue weighted by molar-refractivity contribution is 6.33. The number of nitrogens with zero attached hydrogens (tertiary/aromatic N) is 3. The van der Waals surface area contributed by atoms with Gasteiger partial charge in [0.1, 0.15) is 12.1 Å². The predicted octanol–water partition coefficient (Wildman–Crippen LogP) is 6.95. The summed E-state index contributed by atoms with van der Waals surface area (Å²) in [4.78, 5) is 30.6. The van der Waals surface area contributed by atoms with Crippen LogP contribution >= 0.6 is 23.2 Å². The zero-order valence-electron chi connectivity index (χ0n) is 20.4. The highest BCUT2D eigenvalue weighted by atomic mass is 35.5. The van der Waals surface area contributed by atoms with Crippen LogP contribution in [0.25, 0.3) is 16.8 Å². The molecule has 0 saturated carbocycles. The van der Waals surface area contributed by atoms with E-state index in [0.29, 0.717) is 51.1 Å². The van der Waals surface area contributed by atoms with Gasteiger partial charge in [0, 0.05) is 44.2 Å². The quantitative estimate of drug-likeness (QED) is 0.219. The number of carbonyl (C=O) groups is 2. The van der Waals surface area contributed by atoms with E-state index in [1.54, 1.807) is 48.7 Å². The normalized spacial score (nSPS) is 14.7. The maximum atomic E-state index is 14.1. The number of amides is 2. The molecule has 1 aliphatic rings. The molecule has 0 spiro atoms. The van der Waals surface area contributed by atoms with Gasteiger partial charge in [-0.2, -0.15) is 18.3 Å². The van der Waals surface area contributed by atoms with Crippen LogP contribution in [0.2, 0.25) is 10.0 Å². The van der Waals surface area contributed by atoms with Gasteiger partial charge in [0.25, 0.3) is 11.8 Å². The van der Waals surface area contributed by atoms with Gasteiger partial charge >= 0.3 is 6.18 Å². The number of aromatic nitrogens is 3. The van der Waals surface area contributed by atoms with E-state index in [1.807, 2.05) is 0 Å². The lowest BCUT2D eigenvalue weighted by molar-refractivity contribution is -0.137. The van der Waals surface area contributed by atoms with Crippen molar-refractivity contribution in [2.24, 2.45) is 0 Å². The number of nitrogens with one attached hydrogen (secondary N) is 2. The molecule has 13 heteroatoms. The summed E-state index contributed by atoms with van der Waals surface area (Å²) in [6, 6.07) is 12.0. The number of alkyl halides is 3. The second-order valence-corrected chi connectivity index (χ2v) is 10.1. The number of hydrogen-bond donors (Lipinski definition) is 2. The molecule has 2 aromatic heterocycles. The molecule has 0 bridgehead atoms. The van der Waals surface area contributed by atoms with Gasteiger partial charge < -0.3 is 10.6 Å². The lowest BCUT2D eigenvalue weighted by Crippen LogP contribution is -2.21. The topological polar surface area (TPSA) is 88.4 Å². The van der Waals surface area contributed by atoms with E-state index in [4.69, 9.17) is 23.2 Å². The minimum absolute atomic E-state index is 0.0957. The van der Waals surface area contributed by atoms with Gasteiger partial charge in [-0.15, -0.1) is 0 Å². The molecule has 206 valence electrons. The van der Waals surface area contributed by atoms with E-state index in [9.17, 15) is 27.2 Å². The van der Waals surface area contributed by atoms with Crippen molar-refractivity contribution in [3.63, 3.8) is 0 Å². The molecule has 1 aliphatic heterocycles. The molecule has 0 aliphatic carbocycles. The fourth-order valence-electron chi connectivity index (χ4n) is 4.74. The summed E-state index contributed by atoms with van der Waals surface area (Å²) in [6.45, 7) is 0. The van der Waals surface area contributed by atoms with Crippen LogP contribution in [0.4, 0.5) is 23.2 Å². The van der Waals surface area contributed by atoms with Crippen molar-refractivity contribution in [1.82, 2.24) is 19.9 Å². The molecule has 0 fully saturated rings. The van der Waals surface area contributed by atoms with Crippen molar-refractivity contribution >= 4 is 46.4 Å². The average Bonchev–Trinajstić information content (AvgIpc) is 3.53. The number of fused-ring (bicyclic) bond motifs is 2. The van der Waals surface area contributed by atoms with Crippen LogP contribution < -0.4 is 10.6 Å². The van der Waals surface area contributed by atoms with Crippen molar-refractivity contribution in [2.45, 2.75) is 12.2 Å². The van der Waals surface area contributed by atoms with E-state index in [2.05, 4.69) is 20.7 Å². The van der Waals surface area contributed by atoms with Gasteiger partial charge in [0.05, 0.1) is 11.6 Å². The van der Waals surface area contributed by atoms with Gasteiger partial charge in [-0.3, -0.25) is 9.59 Å². The molecule has 2 N–H and O–H groups in total. The van der Waals surface area contributed by atoms with E-state index in [1.165, 1.54) is 10.8 Å². The Morgan fingerprint density at radius 1 is 1.00 bits per heavy atom. The first-order valence-corrected chi connectivity index (χ1v) is 12.7. The number of benzene rings is 3. The summed E-state index contributed by atoms with van der Waals surface area (Å²) >= 11 is 12.6. The molecule has 0 radical (unpaired) electrons. The maximum absolute atomic E-state index is 14.1. The lowest BCUT2D eigenvalue weighted by atomic mass is 9.93. The third-order valence-electron chi connectivity index (χ3n) is 6.60. The highest BCUT2D eigenvalue weighted by Crippen LogP contribution is 2.42. The third kappa shape index (κ3) is 4.98. The Balaban J connectivity index is 1.51. The fraction of sp³-hybridized carbons (Fsp3) is 0.0714. The van der Waals surface area contributed by atoms with Crippen molar-refractivity contribution in [2.75, 3.05) is 5.32 Å². The summed E-state index contributed by atoms with van der Waals surface area (Å²) in [5.74, 6) is -2.73. The largest absolute Gasteiger partial charge is 0.416 e. The highest BCUT2D eigenvalue weighted by Gasteiger charge is 2.36. The number of pyridine rings is 1. The van der Waals surface area contributed by atoms with Gasteiger partial charge in [-0.05, 0) is 71.8 Å². The number of carbonyl (C=O) groups excluding carboxylic acids is 2. The minimum atomic E-state index is -4.87. The molecule has 2 amide bonds. The molecule has 1 atom stereocenters. The fourth-order valence-corrected chi connectivity index (χ4v) is 5.15. The Kier molecular flexibility index (Phi) is 6.43. The lowest BCUT2D eigenvalue weighted by Gasteiger charge is -2.19. The van der Waals surface area contributed by atoms with E-state index in [-0.39, 0.29) is 16.3 Å². The summed E-state index contributed by atoms with van der Waals surface area (Å²) in [7, 11) is 0. The van der Waals surface area contributed by atoms with Gasteiger partial charge in [0.15, 0.2) is 5.65 Å². The van der Waals surface area contributed by atoms with Crippen LogP contribution in [0.5, 0.6) is 0 Å². The summed E-state index contributed by atoms with van der Waals surface area (Å²) in [5, 5.41) is 10.2. The van der Waals surface area contributed by atoms with Crippen molar-refractivity contribution in [1.29, 1.82) is 0 Å². The third-order valence-corrected chi connectivity index (χ3v) is 7.18. The summed E-state index contributed by atoms with van der Waals surface area (Å²) < 4.78 is 55.6. The molecule has 0 saturated heterocycles. The summed E-state index contributed by atoms with van der Waals surface area (Å²) in [5.41, 5.74) is 0.810. The van der Waals surface area contributed by atoms with Crippen molar-refractivity contribution in [3.05, 3.63) is 117 Å². The molecular formula is C28H15Cl2F4N5O2. The van der Waals surface area contributed by atoms with Crippen LogP contribution in [-0.2, 0) is 6.18 Å². The van der Waals surface area contributed by atoms with Crippen molar-refractivity contribution < 1.29 is 27.2 Å². The number of hydrogen-bond acceptors (Lipinski definition) is 4. The standard InChI is InChI=1S/C28H15Cl2F4N5O2/c29-17-2-3-21(30)19(10-17)25-24-20(27(41)38-25)7-14(13-1-4-23-35-12-36-39(23)11-13)8-22(24)37-26(40)15-5-16(28(32,33)34)9-18(31)6-15/h1-12,25H,(H,37,40)(H,38,41)/t25-/m0/s1. The summed E-state index contributed by atoms with van der Waals surface area (Å²) in [6.07, 6.45) is -1.84. The van der Waals surface area contributed by atoms with E-state index >= 15 is 0 Å². The molecular weight excluding hydrogens is 585 g/mol. The van der Waals surface area contributed by atoms with Crippen LogP contribution in [-0.4, -0.2) is 26.4 Å². The number of halogens is 6. The smallest absolute Gasteiger partial charge is 0.341 e. The Morgan fingerprint density at radius 3 is 2.59 bits per heavy atom. The average molecular weight is 600 g/mol. The Labute approximate surface area is 238 Å². The van der Waals surface area contributed by atoms with Gasteiger partial charge in [-0.1, -0.05) is 23.2 Å². The van der Waals surface area contributed by atoms with Gasteiger partial charge in [-0.25, -0.2) is 13.9 Å². The molecule has 3 heterocycles. The zero-order chi connectivity index (χ0) is 29.1. The number of anilines is 1. The van der Waals surface area contributed by atoms with E-state index in [0.717, 1.165) is 0 Å². The Bertz CT molecular complexity index is 1890. The molecule has 6 rings (SSSR count). The zero-order valence-corrected chi connectivity index (χ0v) is 21.9. The second-order valence-electron chi connectivity index (χ2n) is 9.22. The molecule has 7 nitrogen and oxygen atoms in total. The number of rotatable bonds is 4. The predicted molar refractivity (Wildman–Crippen MR) is 144 cm³/mol. The van der Waals surface area contributed by atoms with E-state index < -0.39 is 41.0 Å². The monoisotopic (exact) mass is 599 g/mol. The maximum Gasteiger partial charge on any atom is 0.416 e. The Hall–Kier alpha value is -4.48. The minimum Gasteiger partial charge on any atom is -0.341 e. The SMILES string of the molecule is O=C(Nc1cc(-c2ccc3ncnn3c2)cc2c1[C@H](c1cc(Cl)ccc1Cl)NC2=O)c1cc(F)cc(C(F)(F)F)c1. The first kappa shape index (κ1) is 26.7. The molecule has 41 heavy (non-hydrogen) atoms. The second kappa shape index (κ2) is 9.86. The molecule has 3 aromatic carbocycles. The van der Waals surface area contributed by atoms with Crippen LogP contribution in [0, 0.1) is 5.82 Å².